The molecule has 2 aliphatic heterocycles. The van der Waals surface area contributed by atoms with Gasteiger partial charge < -0.3 is 19.9 Å². The number of carbonyl (C=O) groups excluding carboxylic acids is 2. The van der Waals surface area contributed by atoms with E-state index < -0.39 is 11.6 Å². The molecule has 2 aliphatic rings. The van der Waals surface area contributed by atoms with Gasteiger partial charge in [0.2, 0.25) is 0 Å². The largest absolute Gasteiger partial charge is 0.488 e. The lowest BCUT2D eigenvalue weighted by atomic mass is 10.1. The van der Waals surface area contributed by atoms with Gasteiger partial charge in [0.05, 0.1) is 12.1 Å². The number of halogens is 1. The van der Waals surface area contributed by atoms with Gasteiger partial charge in [0.1, 0.15) is 6.61 Å². The van der Waals surface area contributed by atoms with E-state index in [2.05, 4.69) is 10.3 Å². The highest BCUT2D eigenvalue weighted by atomic mass is 19.1. The van der Waals surface area contributed by atoms with E-state index in [9.17, 15) is 14.0 Å². The van der Waals surface area contributed by atoms with Crippen molar-refractivity contribution >= 4 is 17.6 Å². The van der Waals surface area contributed by atoms with Crippen LogP contribution in [0.2, 0.25) is 0 Å². The Balaban J connectivity index is 1.71. The standard InChI is InChI=1S/C17H23FN4O3/c1-11-10-21(16(24)17(2,3)18)5-6-22(11)15(23)12-8-13-14(20-9-12)19-4-7-25-13/h8-9,11H,4-7,10H2,1-3H3,(H,19,20)/t11-/m0/s1. The van der Waals surface area contributed by atoms with Crippen molar-refractivity contribution in [1.29, 1.82) is 0 Å². The van der Waals surface area contributed by atoms with Gasteiger partial charge in [0.25, 0.3) is 11.8 Å². The molecule has 3 rings (SSSR count). The number of amides is 2. The molecule has 1 atom stereocenters. The smallest absolute Gasteiger partial charge is 0.259 e. The number of nitrogens with one attached hydrogen (secondary N) is 1. The number of ether oxygens (including phenoxy) is 1. The molecule has 1 aromatic rings. The van der Waals surface area contributed by atoms with Crippen LogP contribution in [0.25, 0.3) is 0 Å². The van der Waals surface area contributed by atoms with E-state index in [4.69, 9.17) is 4.74 Å². The van der Waals surface area contributed by atoms with Crippen LogP contribution < -0.4 is 10.1 Å². The van der Waals surface area contributed by atoms with Crippen LogP contribution in [0.15, 0.2) is 12.3 Å². The van der Waals surface area contributed by atoms with E-state index in [1.807, 2.05) is 6.92 Å². The van der Waals surface area contributed by atoms with E-state index in [0.29, 0.717) is 49.9 Å². The third-order valence-corrected chi connectivity index (χ3v) is 4.44. The molecule has 1 saturated heterocycles. The van der Waals surface area contributed by atoms with Crippen molar-refractivity contribution in [2.45, 2.75) is 32.5 Å². The Hall–Kier alpha value is -2.38. The molecule has 0 unspecified atom stereocenters. The normalized spacial score (nSPS) is 20.4. The molecular weight excluding hydrogens is 327 g/mol. The number of fused-ring (bicyclic) bond motifs is 1. The lowest BCUT2D eigenvalue weighted by Crippen LogP contribution is -2.58. The summed E-state index contributed by atoms with van der Waals surface area (Å²) < 4.78 is 19.4. The van der Waals surface area contributed by atoms with Crippen LogP contribution >= 0.6 is 0 Å². The van der Waals surface area contributed by atoms with Gasteiger partial charge >= 0.3 is 0 Å². The maximum atomic E-state index is 13.9. The fraction of sp³-hybridized carbons (Fsp3) is 0.588. The highest BCUT2D eigenvalue weighted by Crippen LogP contribution is 2.27. The molecule has 0 radical (unpaired) electrons. The van der Waals surface area contributed by atoms with Gasteiger partial charge in [-0.3, -0.25) is 9.59 Å². The summed E-state index contributed by atoms with van der Waals surface area (Å²) in [5.41, 5.74) is -1.46. The van der Waals surface area contributed by atoms with Gasteiger partial charge in [0, 0.05) is 31.9 Å². The minimum Gasteiger partial charge on any atom is -0.488 e. The van der Waals surface area contributed by atoms with Gasteiger partial charge in [-0.05, 0) is 26.8 Å². The Kier molecular flexibility index (Phi) is 4.53. The van der Waals surface area contributed by atoms with Crippen LogP contribution in [0.3, 0.4) is 0 Å². The zero-order valence-corrected chi connectivity index (χ0v) is 14.7. The quantitative estimate of drug-likeness (QED) is 0.870. The molecule has 0 saturated carbocycles. The van der Waals surface area contributed by atoms with Crippen molar-refractivity contribution in [2.24, 2.45) is 0 Å². The zero-order chi connectivity index (χ0) is 18.2. The first-order valence-electron chi connectivity index (χ1n) is 8.43. The Morgan fingerprint density at radius 1 is 1.40 bits per heavy atom. The molecule has 0 spiro atoms. The number of pyridine rings is 1. The summed E-state index contributed by atoms with van der Waals surface area (Å²) in [6, 6.07) is 1.48. The van der Waals surface area contributed by atoms with Crippen LogP contribution in [0.5, 0.6) is 5.75 Å². The third kappa shape index (κ3) is 3.52. The number of alkyl halides is 1. The number of piperazine rings is 1. The summed E-state index contributed by atoms with van der Waals surface area (Å²) in [7, 11) is 0. The van der Waals surface area contributed by atoms with Crippen molar-refractivity contribution in [3.8, 4) is 5.75 Å². The van der Waals surface area contributed by atoms with Gasteiger partial charge in [-0.25, -0.2) is 9.37 Å². The van der Waals surface area contributed by atoms with Crippen molar-refractivity contribution < 1.29 is 18.7 Å². The summed E-state index contributed by atoms with van der Waals surface area (Å²) >= 11 is 0. The first-order valence-corrected chi connectivity index (χ1v) is 8.43. The fourth-order valence-electron chi connectivity index (χ4n) is 3.12. The second-order valence-corrected chi connectivity index (χ2v) is 6.92. The topological polar surface area (TPSA) is 74.8 Å². The lowest BCUT2D eigenvalue weighted by molar-refractivity contribution is -0.144. The number of carbonyl (C=O) groups is 2. The average molecular weight is 350 g/mol. The van der Waals surface area contributed by atoms with Crippen molar-refractivity contribution in [3.63, 3.8) is 0 Å². The minimum atomic E-state index is -1.90. The van der Waals surface area contributed by atoms with Crippen molar-refractivity contribution in [2.75, 3.05) is 38.1 Å². The predicted molar refractivity (Wildman–Crippen MR) is 90.5 cm³/mol. The van der Waals surface area contributed by atoms with Crippen LogP contribution in [0.1, 0.15) is 31.1 Å². The molecule has 25 heavy (non-hydrogen) atoms. The number of anilines is 1. The van der Waals surface area contributed by atoms with E-state index in [-0.39, 0.29) is 11.9 Å². The molecule has 3 heterocycles. The first kappa shape index (κ1) is 17.4. The maximum absolute atomic E-state index is 13.9. The molecule has 136 valence electrons. The second kappa shape index (κ2) is 6.50. The fourth-order valence-corrected chi connectivity index (χ4v) is 3.12. The van der Waals surface area contributed by atoms with Crippen LogP contribution in [-0.2, 0) is 4.79 Å². The average Bonchev–Trinajstić information content (AvgIpc) is 2.59. The van der Waals surface area contributed by atoms with E-state index >= 15 is 0 Å². The third-order valence-electron chi connectivity index (χ3n) is 4.44. The van der Waals surface area contributed by atoms with Crippen LogP contribution in [0, 0.1) is 0 Å². The number of nitrogens with zero attached hydrogens (tertiary/aromatic N) is 3. The second-order valence-electron chi connectivity index (χ2n) is 6.92. The predicted octanol–water partition coefficient (Wildman–Crippen LogP) is 1.31. The molecule has 0 aromatic carbocycles. The highest BCUT2D eigenvalue weighted by Gasteiger charge is 2.37. The maximum Gasteiger partial charge on any atom is 0.259 e. The molecule has 8 heteroatoms. The summed E-state index contributed by atoms with van der Waals surface area (Å²) in [5, 5.41) is 3.11. The van der Waals surface area contributed by atoms with E-state index in [1.54, 1.807) is 11.0 Å². The van der Waals surface area contributed by atoms with Crippen molar-refractivity contribution in [3.05, 3.63) is 17.8 Å². The zero-order valence-electron chi connectivity index (χ0n) is 14.7. The van der Waals surface area contributed by atoms with Gasteiger partial charge in [-0.1, -0.05) is 0 Å². The van der Waals surface area contributed by atoms with Crippen LogP contribution in [0.4, 0.5) is 10.2 Å². The van der Waals surface area contributed by atoms with E-state index in [1.165, 1.54) is 24.9 Å². The summed E-state index contributed by atoms with van der Waals surface area (Å²) in [6.45, 7) is 6.57. The minimum absolute atomic E-state index is 0.163. The van der Waals surface area contributed by atoms with Gasteiger partial charge in [-0.2, -0.15) is 0 Å². The molecule has 0 bridgehead atoms. The first-order chi connectivity index (χ1) is 11.8. The number of hydrogen-bond donors (Lipinski definition) is 1. The molecule has 0 aliphatic carbocycles. The van der Waals surface area contributed by atoms with Crippen molar-refractivity contribution in [1.82, 2.24) is 14.8 Å². The Labute approximate surface area is 146 Å². The molecule has 7 nitrogen and oxygen atoms in total. The molecule has 2 amide bonds. The monoisotopic (exact) mass is 350 g/mol. The Morgan fingerprint density at radius 3 is 2.84 bits per heavy atom. The molecule has 1 aromatic heterocycles. The van der Waals surface area contributed by atoms with Gasteiger partial charge in [-0.15, -0.1) is 0 Å². The van der Waals surface area contributed by atoms with Crippen LogP contribution in [-0.4, -0.2) is 71.1 Å². The highest BCUT2D eigenvalue weighted by molar-refractivity contribution is 5.95. The number of rotatable bonds is 2. The summed E-state index contributed by atoms with van der Waals surface area (Å²) in [4.78, 5) is 32.3. The lowest BCUT2D eigenvalue weighted by Gasteiger charge is -2.41. The molecule has 1 fully saturated rings. The molecule has 1 N–H and O–H groups in total. The summed E-state index contributed by atoms with van der Waals surface area (Å²) in [6.07, 6.45) is 1.53. The number of aromatic nitrogens is 1. The van der Waals surface area contributed by atoms with Gasteiger partial charge in [0.15, 0.2) is 17.2 Å². The number of hydrogen-bond acceptors (Lipinski definition) is 5. The summed E-state index contributed by atoms with van der Waals surface area (Å²) in [5.74, 6) is 0.499. The van der Waals surface area contributed by atoms with E-state index in [0.717, 1.165) is 0 Å². The Bertz CT molecular complexity index is 689. The Morgan fingerprint density at radius 2 is 2.16 bits per heavy atom. The SMILES string of the molecule is C[C@H]1CN(C(=O)C(C)(C)F)CCN1C(=O)c1cnc2c(c1)OCCN2. The molecular formula is C17H23FN4O3.